The Morgan fingerprint density at radius 1 is 1.11 bits per heavy atom. The van der Waals surface area contributed by atoms with Gasteiger partial charge in [0.25, 0.3) is 0 Å². The Hall–Kier alpha value is -1.20. The smallest absolute Gasteiger partial charge is 0.225 e. The molecule has 1 fully saturated rings. The molecule has 0 aromatic carbocycles. The molecule has 1 aromatic heterocycles. The molecule has 0 amide bonds. The fourth-order valence-electron chi connectivity index (χ4n) is 2.50. The van der Waals surface area contributed by atoms with Crippen molar-refractivity contribution in [1.29, 1.82) is 0 Å². The van der Waals surface area contributed by atoms with Crippen LogP contribution in [0.1, 0.15) is 25.2 Å². The van der Waals surface area contributed by atoms with E-state index in [1.165, 1.54) is 0 Å². The van der Waals surface area contributed by atoms with Crippen molar-refractivity contribution < 1.29 is 5.11 Å². The van der Waals surface area contributed by atoms with Gasteiger partial charge in [0.2, 0.25) is 5.95 Å². The molecule has 2 rings (SSSR count). The molecule has 5 heteroatoms. The largest absolute Gasteiger partial charge is 0.389 e. The summed E-state index contributed by atoms with van der Waals surface area (Å²) in [6, 6.07) is 1.99. The van der Waals surface area contributed by atoms with E-state index in [-0.39, 0.29) is 0 Å². The second kappa shape index (κ2) is 5.43. The molecule has 0 atom stereocenters. The SMILES string of the molecule is Cc1cc(C)nc(N2CCN(CC(C)(C)O)CC2)n1. The lowest BCUT2D eigenvalue weighted by atomic mass is 10.1. The predicted molar refractivity (Wildman–Crippen MR) is 76.5 cm³/mol. The van der Waals surface area contributed by atoms with Gasteiger partial charge in [0.05, 0.1) is 5.60 Å². The maximum Gasteiger partial charge on any atom is 0.225 e. The van der Waals surface area contributed by atoms with Gasteiger partial charge >= 0.3 is 0 Å². The van der Waals surface area contributed by atoms with Crippen molar-refractivity contribution in [3.63, 3.8) is 0 Å². The molecule has 0 saturated carbocycles. The molecule has 0 bridgehead atoms. The Balaban J connectivity index is 1.96. The molecule has 1 N–H and O–H groups in total. The van der Waals surface area contributed by atoms with Crippen molar-refractivity contribution >= 4 is 5.95 Å². The van der Waals surface area contributed by atoms with Crippen LogP contribution in [0.15, 0.2) is 6.07 Å². The van der Waals surface area contributed by atoms with E-state index in [4.69, 9.17) is 0 Å². The number of aliphatic hydroxyl groups is 1. The summed E-state index contributed by atoms with van der Waals surface area (Å²) in [6.45, 7) is 12.2. The minimum Gasteiger partial charge on any atom is -0.389 e. The van der Waals surface area contributed by atoms with Gasteiger partial charge in [-0.1, -0.05) is 0 Å². The van der Waals surface area contributed by atoms with E-state index < -0.39 is 5.60 Å². The third kappa shape index (κ3) is 4.14. The van der Waals surface area contributed by atoms with Gasteiger partial charge in [0.1, 0.15) is 0 Å². The van der Waals surface area contributed by atoms with Gasteiger partial charge in [-0.15, -0.1) is 0 Å². The van der Waals surface area contributed by atoms with Crippen molar-refractivity contribution in [1.82, 2.24) is 14.9 Å². The van der Waals surface area contributed by atoms with Crippen LogP contribution in [0.4, 0.5) is 5.95 Å². The Labute approximate surface area is 115 Å². The molecule has 19 heavy (non-hydrogen) atoms. The van der Waals surface area contributed by atoms with Crippen LogP contribution < -0.4 is 4.90 Å². The predicted octanol–water partition coefficient (Wildman–Crippen LogP) is 0.986. The molecule has 1 saturated heterocycles. The van der Waals surface area contributed by atoms with E-state index >= 15 is 0 Å². The van der Waals surface area contributed by atoms with Crippen LogP contribution in [0.2, 0.25) is 0 Å². The topological polar surface area (TPSA) is 52.5 Å². The van der Waals surface area contributed by atoms with E-state index in [0.717, 1.165) is 43.5 Å². The molecule has 1 aliphatic rings. The van der Waals surface area contributed by atoms with Crippen molar-refractivity contribution in [2.24, 2.45) is 0 Å². The fourth-order valence-corrected chi connectivity index (χ4v) is 2.50. The molecule has 106 valence electrons. The maximum absolute atomic E-state index is 9.85. The van der Waals surface area contributed by atoms with Crippen LogP contribution in [-0.2, 0) is 0 Å². The van der Waals surface area contributed by atoms with Crippen LogP contribution in [0.3, 0.4) is 0 Å². The molecule has 0 spiro atoms. The summed E-state index contributed by atoms with van der Waals surface area (Å²) in [7, 11) is 0. The molecule has 0 aliphatic carbocycles. The number of β-amino-alcohol motifs (C(OH)–C–C–N with tert-alkyl or cyclic N) is 1. The lowest BCUT2D eigenvalue weighted by molar-refractivity contribution is 0.0344. The highest BCUT2D eigenvalue weighted by atomic mass is 16.3. The van der Waals surface area contributed by atoms with E-state index in [1.807, 2.05) is 33.8 Å². The van der Waals surface area contributed by atoms with Crippen LogP contribution in [-0.4, -0.2) is 58.3 Å². The first-order valence-electron chi connectivity index (χ1n) is 6.85. The second-order valence-electron chi connectivity index (χ2n) is 6.03. The normalized spacial score (nSPS) is 17.8. The molecule has 5 nitrogen and oxygen atoms in total. The summed E-state index contributed by atoms with van der Waals surface area (Å²) in [4.78, 5) is 13.5. The molecule has 0 unspecified atom stereocenters. The highest BCUT2D eigenvalue weighted by Crippen LogP contribution is 2.14. The Morgan fingerprint density at radius 2 is 1.63 bits per heavy atom. The quantitative estimate of drug-likeness (QED) is 0.882. The number of hydrogen-bond donors (Lipinski definition) is 1. The lowest BCUT2D eigenvalue weighted by Crippen LogP contribution is -2.51. The summed E-state index contributed by atoms with van der Waals surface area (Å²) in [6.07, 6.45) is 0. The zero-order chi connectivity index (χ0) is 14.0. The van der Waals surface area contributed by atoms with E-state index in [0.29, 0.717) is 6.54 Å². The van der Waals surface area contributed by atoms with Crippen LogP contribution in [0.25, 0.3) is 0 Å². The van der Waals surface area contributed by atoms with Gasteiger partial charge in [-0.25, -0.2) is 9.97 Å². The molecular weight excluding hydrogens is 240 g/mol. The zero-order valence-electron chi connectivity index (χ0n) is 12.3. The van der Waals surface area contributed by atoms with Gasteiger partial charge in [0.15, 0.2) is 0 Å². The van der Waals surface area contributed by atoms with Crippen LogP contribution in [0.5, 0.6) is 0 Å². The Bertz CT molecular complexity index is 413. The minimum atomic E-state index is -0.626. The average molecular weight is 264 g/mol. The standard InChI is InChI=1S/C14H24N4O/c1-11-9-12(2)16-13(15-11)18-7-5-17(6-8-18)10-14(3,4)19/h9,19H,5-8,10H2,1-4H3. The summed E-state index contributed by atoms with van der Waals surface area (Å²) in [5.41, 5.74) is 1.40. The summed E-state index contributed by atoms with van der Waals surface area (Å²) in [5, 5.41) is 9.85. The first-order chi connectivity index (χ1) is 8.83. The minimum absolute atomic E-state index is 0.626. The Morgan fingerprint density at radius 3 is 2.11 bits per heavy atom. The maximum atomic E-state index is 9.85. The first-order valence-corrected chi connectivity index (χ1v) is 6.85. The summed E-state index contributed by atoms with van der Waals surface area (Å²) >= 11 is 0. The number of anilines is 1. The summed E-state index contributed by atoms with van der Waals surface area (Å²) in [5.74, 6) is 0.834. The monoisotopic (exact) mass is 264 g/mol. The second-order valence-corrected chi connectivity index (χ2v) is 6.03. The number of aryl methyl sites for hydroxylation is 2. The molecule has 2 heterocycles. The highest BCUT2D eigenvalue weighted by molar-refractivity contribution is 5.32. The van der Waals surface area contributed by atoms with Crippen molar-refractivity contribution in [3.05, 3.63) is 17.5 Å². The highest BCUT2D eigenvalue weighted by Gasteiger charge is 2.23. The van der Waals surface area contributed by atoms with Gasteiger partial charge in [0, 0.05) is 44.1 Å². The van der Waals surface area contributed by atoms with Crippen molar-refractivity contribution in [3.8, 4) is 0 Å². The fraction of sp³-hybridized carbons (Fsp3) is 0.714. The zero-order valence-corrected chi connectivity index (χ0v) is 12.3. The molecule has 0 radical (unpaired) electrons. The third-order valence-electron chi connectivity index (χ3n) is 3.24. The number of hydrogen-bond acceptors (Lipinski definition) is 5. The number of aromatic nitrogens is 2. The third-order valence-corrected chi connectivity index (χ3v) is 3.24. The van der Waals surface area contributed by atoms with E-state index in [2.05, 4.69) is 19.8 Å². The van der Waals surface area contributed by atoms with Crippen LogP contribution >= 0.6 is 0 Å². The number of rotatable bonds is 3. The van der Waals surface area contributed by atoms with Gasteiger partial charge in [-0.3, -0.25) is 4.90 Å². The Kier molecular flexibility index (Phi) is 4.06. The molecular formula is C14H24N4O. The van der Waals surface area contributed by atoms with Crippen LogP contribution in [0, 0.1) is 13.8 Å². The van der Waals surface area contributed by atoms with Gasteiger partial charge in [-0.2, -0.15) is 0 Å². The summed E-state index contributed by atoms with van der Waals surface area (Å²) < 4.78 is 0. The number of nitrogens with zero attached hydrogens (tertiary/aromatic N) is 4. The van der Waals surface area contributed by atoms with Crippen molar-refractivity contribution in [2.75, 3.05) is 37.6 Å². The van der Waals surface area contributed by atoms with Gasteiger partial charge in [-0.05, 0) is 33.8 Å². The van der Waals surface area contributed by atoms with Gasteiger partial charge < -0.3 is 10.0 Å². The molecule has 1 aromatic rings. The first kappa shape index (κ1) is 14.2. The van der Waals surface area contributed by atoms with E-state index in [9.17, 15) is 5.11 Å². The molecule has 1 aliphatic heterocycles. The van der Waals surface area contributed by atoms with E-state index in [1.54, 1.807) is 0 Å². The lowest BCUT2D eigenvalue weighted by Gasteiger charge is -2.37. The van der Waals surface area contributed by atoms with Crippen molar-refractivity contribution in [2.45, 2.75) is 33.3 Å². The average Bonchev–Trinajstić information content (AvgIpc) is 2.26. The number of piperazine rings is 1.